The minimum atomic E-state index is -0.464. The molecular formula is C20H32N2O2. The minimum absolute atomic E-state index is 0.0702. The first-order valence-electron chi connectivity index (χ1n) is 9.02. The number of hydrogen-bond donors (Lipinski definition) is 0. The lowest BCUT2D eigenvalue weighted by atomic mass is 10.0. The number of aryl methyl sites for hydroxylation is 1. The van der Waals surface area contributed by atoms with Crippen LogP contribution in [-0.2, 0) is 4.79 Å². The quantitative estimate of drug-likeness (QED) is 0.828. The molecule has 0 N–H and O–H groups in total. The van der Waals surface area contributed by atoms with E-state index in [2.05, 4.69) is 37.9 Å². The van der Waals surface area contributed by atoms with Crippen LogP contribution in [0, 0.1) is 6.92 Å². The molecule has 1 unspecified atom stereocenters. The maximum atomic E-state index is 12.8. The Kier molecular flexibility index (Phi) is 6.27. The van der Waals surface area contributed by atoms with Crippen LogP contribution in [0.2, 0.25) is 0 Å². The van der Waals surface area contributed by atoms with Gasteiger partial charge in [0.15, 0.2) is 6.10 Å². The number of benzene rings is 1. The van der Waals surface area contributed by atoms with Gasteiger partial charge < -0.3 is 14.5 Å². The van der Waals surface area contributed by atoms with Gasteiger partial charge >= 0.3 is 0 Å². The van der Waals surface area contributed by atoms with E-state index in [0.717, 1.165) is 42.8 Å². The minimum Gasteiger partial charge on any atom is -0.481 e. The van der Waals surface area contributed by atoms with E-state index < -0.39 is 6.10 Å². The number of hydrogen-bond acceptors (Lipinski definition) is 3. The predicted molar refractivity (Wildman–Crippen MR) is 98.6 cm³/mol. The van der Waals surface area contributed by atoms with Gasteiger partial charge in [-0.05, 0) is 69.9 Å². The number of carbonyl (C=O) groups is 1. The first-order valence-corrected chi connectivity index (χ1v) is 9.02. The molecule has 0 bridgehead atoms. The van der Waals surface area contributed by atoms with Crippen LogP contribution < -0.4 is 4.74 Å². The number of piperidine rings is 1. The highest BCUT2D eigenvalue weighted by Crippen LogP contribution is 2.28. The zero-order valence-electron chi connectivity index (χ0n) is 16.0. The summed E-state index contributed by atoms with van der Waals surface area (Å²) in [7, 11) is 4.05. The van der Waals surface area contributed by atoms with E-state index in [1.807, 2.05) is 31.9 Å². The van der Waals surface area contributed by atoms with Gasteiger partial charge in [-0.1, -0.05) is 26.0 Å². The number of nitrogens with zero attached hydrogens (tertiary/aromatic N) is 2. The van der Waals surface area contributed by atoms with Gasteiger partial charge in [0.1, 0.15) is 5.75 Å². The van der Waals surface area contributed by atoms with Gasteiger partial charge in [-0.2, -0.15) is 0 Å². The number of likely N-dealkylation sites (N-methyl/N-ethyl adjacent to an activating group) is 1. The number of rotatable bonds is 5. The fraction of sp³-hybridized carbons (Fsp3) is 0.650. The van der Waals surface area contributed by atoms with Gasteiger partial charge in [-0.15, -0.1) is 0 Å². The smallest absolute Gasteiger partial charge is 0.263 e. The molecule has 1 atom stereocenters. The summed E-state index contributed by atoms with van der Waals surface area (Å²) in [5, 5.41) is 0. The van der Waals surface area contributed by atoms with Gasteiger partial charge in [-0.3, -0.25) is 4.79 Å². The number of amides is 1. The molecule has 0 radical (unpaired) electrons. The van der Waals surface area contributed by atoms with E-state index in [9.17, 15) is 4.79 Å². The summed E-state index contributed by atoms with van der Waals surface area (Å²) in [4.78, 5) is 17.0. The van der Waals surface area contributed by atoms with E-state index in [1.165, 1.54) is 0 Å². The van der Waals surface area contributed by atoms with E-state index in [0.29, 0.717) is 12.0 Å². The molecule has 1 aliphatic rings. The van der Waals surface area contributed by atoms with Crippen molar-refractivity contribution in [2.24, 2.45) is 0 Å². The third kappa shape index (κ3) is 4.50. The lowest BCUT2D eigenvalue weighted by Crippen LogP contribution is -2.48. The fourth-order valence-corrected chi connectivity index (χ4v) is 3.31. The first kappa shape index (κ1) is 18.8. The standard InChI is InChI=1S/C20H32N2O2/c1-14(2)18-8-7-15(3)13-19(18)24-16(4)20(23)22(6)17-9-11-21(5)12-10-17/h7-8,13-14,16-17H,9-12H2,1-6H3. The van der Waals surface area contributed by atoms with E-state index in [4.69, 9.17) is 4.74 Å². The molecule has 1 aliphatic heterocycles. The number of carbonyl (C=O) groups excluding carboxylic acids is 1. The summed E-state index contributed by atoms with van der Waals surface area (Å²) in [6.45, 7) is 10.3. The molecule has 1 aromatic carbocycles. The molecule has 1 heterocycles. The van der Waals surface area contributed by atoms with Gasteiger partial charge in [0.05, 0.1) is 0 Å². The van der Waals surface area contributed by atoms with Crippen molar-refractivity contribution in [1.29, 1.82) is 0 Å². The molecule has 1 amide bonds. The van der Waals surface area contributed by atoms with Gasteiger partial charge in [-0.25, -0.2) is 0 Å². The summed E-state index contributed by atoms with van der Waals surface area (Å²) in [5.74, 6) is 1.28. The third-order valence-electron chi connectivity index (χ3n) is 5.03. The Labute approximate surface area is 146 Å². The summed E-state index contributed by atoms with van der Waals surface area (Å²) in [5.41, 5.74) is 2.31. The molecule has 1 aromatic rings. The van der Waals surface area contributed by atoms with Crippen molar-refractivity contribution in [3.05, 3.63) is 29.3 Å². The lowest BCUT2D eigenvalue weighted by molar-refractivity contribution is -0.139. The summed E-state index contributed by atoms with van der Waals surface area (Å²) in [6, 6.07) is 6.56. The highest BCUT2D eigenvalue weighted by Gasteiger charge is 2.28. The molecule has 134 valence electrons. The van der Waals surface area contributed by atoms with E-state index >= 15 is 0 Å². The first-order chi connectivity index (χ1) is 11.3. The Bertz CT molecular complexity index is 563. The second-order valence-corrected chi connectivity index (χ2v) is 7.44. The molecule has 24 heavy (non-hydrogen) atoms. The second kappa shape index (κ2) is 8.02. The average molecular weight is 332 g/mol. The largest absolute Gasteiger partial charge is 0.481 e. The molecule has 0 aliphatic carbocycles. The van der Waals surface area contributed by atoms with Crippen molar-refractivity contribution in [3.63, 3.8) is 0 Å². The van der Waals surface area contributed by atoms with Crippen LogP contribution >= 0.6 is 0 Å². The monoisotopic (exact) mass is 332 g/mol. The van der Waals surface area contributed by atoms with E-state index in [-0.39, 0.29) is 5.91 Å². The zero-order valence-corrected chi connectivity index (χ0v) is 16.0. The molecule has 0 saturated carbocycles. The Morgan fingerprint density at radius 2 is 1.88 bits per heavy atom. The molecule has 1 saturated heterocycles. The van der Waals surface area contributed by atoms with Crippen LogP contribution in [0.15, 0.2) is 18.2 Å². The molecule has 4 heteroatoms. The number of likely N-dealkylation sites (tertiary alicyclic amines) is 1. The van der Waals surface area contributed by atoms with Crippen molar-refractivity contribution >= 4 is 5.91 Å². The van der Waals surface area contributed by atoms with Crippen LogP contribution in [-0.4, -0.2) is 55.0 Å². The predicted octanol–water partition coefficient (Wildman–Crippen LogP) is 3.44. The zero-order chi connectivity index (χ0) is 17.9. The molecule has 2 rings (SSSR count). The molecule has 0 spiro atoms. The van der Waals surface area contributed by atoms with Crippen molar-refractivity contribution in [3.8, 4) is 5.75 Å². The molecular weight excluding hydrogens is 300 g/mol. The average Bonchev–Trinajstić information content (AvgIpc) is 2.54. The Morgan fingerprint density at radius 3 is 2.46 bits per heavy atom. The number of ether oxygens (including phenoxy) is 1. The van der Waals surface area contributed by atoms with Crippen molar-refractivity contribution in [2.75, 3.05) is 27.2 Å². The van der Waals surface area contributed by atoms with Crippen molar-refractivity contribution in [1.82, 2.24) is 9.80 Å². The van der Waals surface area contributed by atoms with Crippen molar-refractivity contribution < 1.29 is 9.53 Å². The second-order valence-electron chi connectivity index (χ2n) is 7.44. The summed E-state index contributed by atoms with van der Waals surface area (Å²) >= 11 is 0. The van der Waals surface area contributed by atoms with Gasteiger partial charge in [0, 0.05) is 13.1 Å². The highest BCUT2D eigenvalue weighted by molar-refractivity contribution is 5.81. The maximum Gasteiger partial charge on any atom is 0.263 e. The lowest BCUT2D eigenvalue weighted by Gasteiger charge is -2.36. The van der Waals surface area contributed by atoms with Gasteiger partial charge in [0.2, 0.25) is 0 Å². The Balaban J connectivity index is 2.05. The van der Waals surface area contributed by atoms with Crippen LogP contribution in [0.5, 0.6) is 5.75 Å². The Morgan fingerprint density at radius 1 is 1.25 bits per heavy atom. The van der Waals surface area contributed by atoms with Gasteiger partial charge in [0.25, 0.3) is 5.91 Å². The normalized spacial score (nSPS) is 17.8. The summed E-state index contributed by atoms with van der Waals surface area (Å²) in [6.07, 6.45) is 1.61. The molecule has 4 nitrogen and oxygen atoms in total. The van der Waals surface area contributed by atoms with E-state index in [1.54, 1.807) is 0 Å². The fourth-order valence-electron chi connectivity index (χ4n) is 3.31. The van der Waals surface area contributed by atoms with Crippen LogP contribution in [0.25, 0.3) is 0 Å². The maximum absolute atomic E-state index is 12.8. The SMILES string of the molecule is Cc1ccc(C(C)C)c(OC(C)C(=O)N(C)C2CCN(C)CC2)c1. The third-order valence-corrected chi connectivity index (χ3v) is 5.03. The van der Waals surface area contributed by atoms with Crippen molar-refractivity contribution in [2.45, 2.75) is 58.6 Å². The topological polar surface area (TPSA) is 32.8 Å². The molecule has 0 aromatic heterocycles. The summed E-state index contributed by atoms with van der Waals surface area (Å²) < 4.78 is 6.08. The molecule has 1 fully saturated rings. The van der Waals surface area contributed by atoms with Crippen LogP contribution in [0.1, 0.15) is 50.7 Å². The van der Waals surface area contributed by atoms with Crippen LogP contribution in [0.4, 0.5) is 0 Å². The highest BCUT2D eigenvalue weighted by atomic mass is 16.5. The van der Waals surface area contributed by atoms with Crippen LogP contribution in [0.3, 0.4) is 0 Å². The Hall–Kier alpha value is -1.55.